The molecule has 0 saturated heterocycles. The van der Waals surface area contributed by atoms with Gasteiger partial charge < -0.3 is 10.1 Å². The maximum Gasteiger partial charge on any atom is 0.107 e. The summed E-state index contributed by atoms with van der Waals surface area (Å²) in [6.07, 6.45) is 2.97. The van der Waals surface area contributed by atoms with Crippen LogP contribution < -0.4 is 5.32 Å². The second kappa shape index (κ2) is 6.07. The topological polar surface area (TPSA) is 34.1 Å². The van der Waals surface area contributed by atoms with Crippen molar-refractivity contribution in [2.75, 3.05) is 20.3 Å². The number of aryl methyl sites for hydroxylation is 1. The van der Waals surface area contributed by atoms with Gasteiger partial charge in [-0.05, 0) is 19.9 Å². The van der Waals surface area contributed by atoms with Crippen LogP contribution in [0.5, 0.6) is 0 Å². The Kier molecular flexibility index (Phi) is 4.97. The van der Waals surface area contributed by atoms with Crippen molar-refractivity contribution >= 4 is 11.3 Å². The van der Waals surface area contributed by atoms with Gasteiger partial charge in [-0.3, -0.25) is 0 Å². The van der Waals surface area contributed by atoms with Crippen molar-refractivity contribution < 1.29 is 4.74 Å². The number of nitrogens with zero attached hydrogens (tertiary/aromatic N) is 1. The third kappa shape index (κ3) is 4.36. The molecule has 0 aliphatic heterocycles. The van der Waals surface area contributed by atoms with Gasteiger partial charge >= 0.3 is 0 Å². The zero-order valence-corrected chi connectivity index (χ0v) is 8.99. The van der Waals surface area contributed by atoms with Crippen LogP contribution in [-0.2, 0) is 11.3 Å². The van der Waals surface area contributed by atoms with Gasteiger partial charge in [0.2, 0.25) is 0 Å². The summed E-state index contributed by atoms with van der Waals surface area (Å²) in [6, 6.07) is 0. The fourth-order valence-corrected chi connectivity index (χ4v) is 1.78. The smallest absolute Gasteiger partial charge is 0.107 e. The van der Waals surface area contributed by atoms with Crippen LogP contribution in [0.1, 0.15) is 16.3 Å². The first-order valence-corrected chi connectivity index (χ1v) is 5.25. The van der Waals surface area contributed by atoms with Crippen LogP contribution in [0.2, 0.25) is 0 Å². The summed E-state index contributed by atoms with van der Waals surface area (Å²) in [5.74, 6) is 0. The van der Waals surface area contributed by atoms with Gasteiger partial charge in [-0.25, -0.2) is 4.98 Å². The van der Waals surface area contributed by atoms with Gasteiger partial charge in [-0.1, -0.05) is 0 Å². The number of hydrogen-bond donors (Lipinski definition) is 1. The fourth-order valence-electron chi connectivity index (χ4n) is 1.02. The standard InChI is InChI=1S/C9H16N2OS/c1-8-6-11-9(13-8)7-10-4-3-5-12-2/h6,10H,3-5,7H2,1-2H3. The summed E-state index contributed by atoms with van der Waals surface area (Å²) < 4.78 is 4.95. The van der Waals surface area contributed by atoms with Gasteiger partial charge in [-0.2, -0.15) is 0 Å². The summed E-state index contributed by atoms with van der Waals surface area (Å²) in [6.45, 7) is 4.77. The molecule has 0 aromatic carbocycles. The van der Waals surface area contributed by atoms with Crippen molar-refractivity contribution in [3.8, 4) is 0 Å². The number of nitrogens with one attached hydrogen (secondary N) is 1. The molecule has 3 nitrogen and oxygen atoms in total. The second-order valence-electron chi connectivity index (χ2n) is 2.89. The minimum absolute atomic E-state index is 0.823. The van der Waals surface area contributed by atoms with E-state index in [9.17, 15) is 0 Å². The highest BCUT2D eigenvalue weighted by molar-refractivity contribution is 7.11. The molecule has 1 rings (SSSR count). The molecule has 1 heterocycles. The van der Waals surface area contributed by atoms with Crippen molar-refractivity contribution in [2.45, 2.75) is 19.9 Å². The Morgan fingerprint density at radius 1 is 1.62 bits per heavy atom. The van der Waals surface area contributed by atoms with E-state index in [0.717, 1.165) is 31.1 Å². The fraction of sp³-hybridized carbons (Fsp3) is 0.667. The Morgan fingerprint density at radius 2 is 2.46 bits per heavy atom. The quantitative estimate of drug-likeness (QED) is 0.708. The van der Waals surface area contributed by atoms with E-state index in [1.807, 2.05) is 6.20 Å². The zero-order chi connectivity index (χ0) is 9.52. The van der Waals surface area contributed by atoms with Crippen molar-refractivity contribution in [1.82, 2.24) is 10.3 Å². The summed E-state index contributed by atoms with van der Waals surface area (Å²) >= 11 is 1.75. The van der Waals surface area contributed by atoms with Gasteiger partial charge in [0.15, 0.2) is 0 Å². The highest BCUT2D eigenvalue weighted by Gasteiger charge is 1.96. The van der Waals surface area contributed by atoms with Gasteiger partial charge in [-0.15, -0.1) is 11.3 Å². The van der Waals surface area contributed by atoms with E-state index < -0.39 is 0 Å². The molecule has 4 heteroatoms. The van der Waals surface area contributed by atoms with E-state index in [2.05, 4.69) is 17.2 Å². The molecule has 74 valence electrons. The molecule has 0 amide bonds. The minimum Gasteiger partial charge on any atom is -0.385 e. The number of aromatic nitrogens is 1. The van der Waals surface area contributed by atoms with Crippen LogP contribution in [0.4, 0.5) is 0 Å². The largest absolute Gasteiger partial charge is 0.385 e. The average molecular weight is 200 g/mol. The maximum absolute atomic E-state index is 4.95. The molecular weight excluding hydrogens is 184 g/mol. The first-order chi connectivity index (χ1) is 6.33. The van der Waals surface area contributed by atoms with Crippen LogP contribution >= 0.6 is 11.3 Å². The van der Waals surface area contributed by atoms with Crippen LogP contribution in [0.3, 0.4) is 0 Å². The zero-order valence-electron chi connectivity index (χ0n) is 8.17. The molecule has 0 aliphatic carbocycles. The van der Waals surface area contributed by atoms with Crippen molar-refractivity contribution in [3.63, 3.8) is 0 Å². The van der Waals surface area contributed by atoms with Gasteiger partial charge in [0.25, 0.3) is 0 Å². The third-order valence-corrected chi connectivity index (χ3v) is 2.56. The normalized spacial score (nSPS) is 10.6. The Hall–Kier alpha value is -0.450. The molecule has 0 fully saturated rings. The predicted molar refractivity (Wildman–Crippen MR) is 55.1 cm³/mol. The molecule has 0 unspecified atom stereocenters. The van der Waals surface area contributed by atoms with E-state index in [1.54, 1.807) is 18.4 Å². The molecule has 0 radical (unpaired) electrons. The lowest BCUT2D eigenvalue weighted by Crippen LogP contribution is -2.15. The second-order valence-corrected chi connectivity index (χ2v) is 4.21. The molecule has 13 heavy (non-hydrogen) atoms. The number of rotatable bonds is 6. The molecule has 0 aliphatic rings. The Labute approximate surface area is 83.1 Å². The molecule has 1 N–H and O–H groups in total. The van der Waals surface area contributed by atoms with Crippen LogP contribution in [0.15, 0.2) is 6.20 Å². The molecule has 0 bridgehead atoms. The first kappa shape index (κ1) is 10.6. The van der Waals surface area contributed by atoms with Crippen molar-refractivity contribution in [3.05, 3.63) is 16.1 Å². The van der Waals surface area contributed by atoms with Gasteiger partial charge in [0, 0.05) is 31.3 Å². The van der Waals surface area contributed by atoms with Gasteiger partial charge in [0.1, 0.15) is 5.01 Å². The third-order valence-electron chi connectivity index (χ3n) is 1.65. The number of methoxy groups -OCH3 is 1. The Morgan fingerprint density at radius 3 is 3.08 bits per heavy atom. The summed E-state index contributed by atoms with van der Waals surface area (Å²) in [5.41, 5.74) is 0. The van der Waals surface area contributed by atoms with Crippen LogP contribution in [-0.4, -0.2) is 25.2 Å². The van der Waals surface area contributed by atoms with Crippen molar-refractivity contribution in [2.24, 2.45) is 0 Å². The molecule has 1 aromatic rings. The monoisotopic (exact) mass is 200 g/mol. The maximum atomic E-state index is 4.95. The van der Waals surface area contributed by atoms with E-state index in [0.29, 0.717) is 0 Å². The Balaban J connectivity index is 2.06. The summed E-state index contributed by atoms with van der Waals surface area (Å²) in [7, 11) is 1.73. The summed E-state index contributed by atoms with van der Waals surface area (Å²) in [4.78, 5) is 5.53. The molecule has 0 atom stereocenters. The van der Waals surface area contributed by atoms with E-state index in [4.69, 9.17) is 4.74 Å². The lowest BCUT2D eigenvalue weighted by Gasteiger charge is -2.00. The van der Waals surface area contributed by atoms with Gasteiger partial charge in [0.05, 0.1) is 0 Å². The number of hydrogen-bond acceptors (Lipinski definition) is 4. The molecular formula is C9H16N2OS. The highest BCUT2D eigenvalue weighted by Crippen LogP contribution is 2.10. The number of ether oxygens (including phenoxy) is 1. The molecule has 0 spiro atoms. The lowest BCUT2D eigenvalue weighted by molar-refractivity contribution is 0.194. The Bertz CT molecular complexity index is 237. The SMILES string of the molecule is COCCCNCc1ncc(C)s1. The van der Waals surface area contributed by atoms with E-state index in [-0.39, 0.29) is 0 Å². The van der Waals surface area contributed by atoms with Crippen LogP contribution in [0, 0.1) is 6.92 Å². The highest BCUT2D eigenvalue weighted by atomic mass is 32.1. The summed E-state index contributed by atoms with van der Waals surface area (Å²) in [5, 5.41) is 4.48. The van der Waals surface area contributed by atoms with E-state index in [1.165, 1.54) is 4.88 Å². The molecule has 0 saturated carbocycles. The number of thiazole rings is 1. The average Bonchev–Trinajstić information content (AvgIpc) is 2.51. The first-order valence-electron chi connectivity index (χ1n) is 4.44. The van der Waals surface area contributed by atoms with Crippen LogP contribution in [0.25, 0.3) is 0 Å². The molecule has 1 aromatic heterocycles. The predicted octanol–water partition coefficient (Wildman–Crippen LogP) is 1.58. The lowest BCUT2D eigenvalue weighted by atomic mass is 10.4. The minimum atomic E-state index is 0.823. The van der Waals surface area contributed by atoms with E-state index >= 15 is 0 Å². The van der Waals surface area contributed by atoms with Crippen molar-refractivity contribution in [1.29, 1.82) is 0 Å².